The molecule has 0 radical (unpaired) electrons. The highest BCUT2D eigenvalue weighted by Gasteiger charge is 2.26. The lowest BCUT2D eigenvalue weighted by molar-refractivity contribution is 0.193. The number of aromatic nitrogens is 7. The molecule has 1 fully saturated rings. The maximum Gasteiger partial charge on any atom is 0.233 e. The summed E-state index contributed by atoms with van der Waals surface area (Å²) in [5, 5.41) is 4.79. The molecule has 1 aromatic carbocycles. The highest BCUT2D eigenvalue weighted by atomic mass is 16.5. The number of nitrogens with zero attached hydrogens (tertiary/aromatic N) is 7. The van der Waals surface area contributed by atoms with Crippen LogP contribution in [0.15, 0.2) is 36.7 Å². The summed E-state index contributed by atoms with van der Waals surface area (Å²) in [6.07, 6.45) is 4.39. The molecular formula is C19H19N7O. The Morgan fingerprint density at radius 2 is 2.00 bits per heavy atom. The number of aryl methyl sites for hydroxylation is 2. The number of hydrogen-bond acceptors (Lipinski definition) is 6. The standard InChI is InChI=1S/C19H19N7O/c1-12-9-21-15(10-20-12)18-23-17(13-7-8-27-11-13)24-26(18)19-22-14-5-3-4-6-16(14)25(19)2/h3-6,9-10,13H,7-8,11H2,1-2H3. The number of benzene rings is 1. The number of imidazole rings is 1. The van der Waals surface area contributed by atoms with E-state index in [1.807, 2.05) is 42.8 Å². The van der Waals surface area contributed by atoms with Gasteiger partial charge in [-0.3, -0.25) is 4.98 Å². The van der Waals surface area contributed by atoms with Crippen LogP contribution in [0, 0.1) is 6.92 Å². The van der Waals surface area contributed by atoms with E-state index in [1.165, 1.54) is 0 Å². The van der Waals surface area contributed by atoms with E-state index in [0.717, 1.165) is 35.6 Å². The summed E-state index contributed by atoms with van der Waals surface area (Å²) in [6, 6.07) is 8.02. The fourth-order valence-corrected chi connectivity index (χ4v) is 3.37. The van der Waals surface area contributed by atoms with Crippen molar-refractivity contribution in [2.45, 2.75) is 19.3 Å². The topological polar surface area (TPSA) is 83.5 Å². The third kappa shape index (κ3) is 2.69. The Kier molecular flexibility index (Phi) is 3.71. The second kappa shape index (κ2) is 6.24. The summed E-state index contributed by atoms with van der Waals surface area (Å²) in [4.78, 5) is 18.4. The molecule has 27 heavy (non-hydrogen) atoms. The zero-order valence-electron chi connectivity index (χ0n) is 15.2. The lowest BCUT2D eigenvalue weighted by Gasteiger charge is -2.05. The second-order valence-electron chi connectivity index (χ2n) is 6.77. The van der Waals surface area contributed by atoms with Gasteiger partial charge in [-0.15, -0.1) is 5.10 Å². The zero-order chi connectivity index (χ0) is 18.4. The van der Waals surface area contributed by atoms with Crippen molar-refractivity contribution < 1.29 is 4.74 Å². The van der Waals surface area contributed by atoms with Gasteiger partial charge in [0.25, 0.3) is 0 Å². The summed E-state index contributed by atoms with van der Waals surface area (Å²) in [5.74, 6) is 2.30. The third-order valence-electron chi connectivity index (χ3n) is 4.88. The summed E-state index contributed by atoms with van der Waals surface area (Å²) >= 11 is 0. The quantitative estimate of drug-likeness (QED) is 0.557. The van der Waals surface area contributed by atoms with Crippen LogP contribution in [0.2, 0.25) is 0 Å². The van der Waals surface area contributed by atoms with Crippen molar-refractivity contribution in [3.05, 3.63) is 48.2 Å². The summed E-state index contributed by atoms with van der Waals surface area (Å²) in [6.45, 7) is 3.30. The van der Waals surface area contributed by atoms with Crippen LogP contribution in [0.3, 0.4) is 0 Å². The van der Waals surface area contributed by atoms with Crippen LogP contribution in [0.5, 0.6) is 0 Å². The first-order valence-corrected chi connectivity index (χ1v) is 8.96. The lowest BCUT2D eigenvalue weighted by atomic mass is 10.1. The van der Waals surface area contributed by atoms with Gasteiger partial charge in [0.2, 0.25) is 5.95 Å². The van der Waals surface area contributed by atoms with Gasteiger partial charge in [-0.1, -0.05) is 12.1 Å². The molecule has 4 aromatic rings. The largest absolute Gasteiger partial charge is 0.381 e. The van der Waals surface area contributed by atoms with Crippen molar-refractivity contribution >= 4 is 11.0 Å². The number of rotatable bonds is 3. The van der Waals surface area contributed by atoms with E-state index in [0.29, 0.717) is 24.1 Å². The third-order valence-corrected chi connectivity index (χ3v) is 4.88. The van der Waals surface area contributed by atoms with E-state index in [-0.39, 0.29) is 5.92 Å². The Labute approximate surface area is 155 Å². The van der Waals surface area contributed by atoms with Crippen molar-refractivity contribution in [2.24, 2.45) is 7.05 Å². The van der Waals surface area contributed by atoms with E-state index in [4.69, 9.17) is 19.8 Å². The maximum absolute atomic E-state index is 5.52. The number of hydrogen-bond donors (Lipinski definition) is 0. The molecule has 1 aliphatic rings. The van der Waals surface area contributed by atoms with Gasteiger partial charge in [0, 0.05) is 25.8 Å². The Morgan fingerprint density at radius 3 is 2.74 bits per heavy atom. The fraction of sp³-hybridized carbons (Fsp3) is 0.316. The maximum atomic E-state index is 5.52. The number of para-hydroxylation sites is 2. The molecule has 0 aliphatic carbocycles. The first-order valence-electron chi connectivity index (χ1n) is 8.96. The lowest BCUT2D eigenvalue weighted by Crippen LogP contribution is -2.08. The van der Waals surface area contributed by atoms with Crippen molar-refractivity contribution in [3.8, 4) is 17.5 Å². The van der Waals surface area contributed by atoms with Crippen molar-refractivity contribution in [3.63, 3.8) is 0 Å². The second-order valence-corrected chi connectivity index (χ2v) is 6.77. The first-order chi connectivity index (χ1) is 13.2. The van der Waals surface area contributed by atoms with Gasteiger partial charge < -0.3 is 9.30 Å². The molecule has 0 N–H and O–H groups in total. The molecule has 0 spiro atoms. The molecule has 1 saturated heterocycles. The Bertz CT molecular complexity index is 1110. The molecule has 1 aliphatic heterocycles. The van der Waals surface area contributed by atoms with Crippen LogP contribution in [-0.4, -0.2) is 47.5 Å². The molecule has 8 nitrogen and oxygen atoms in total. The smallest absolute Gasteiger partial charge is 0.233 e. The highest BCUT2D eigenvalue weighted by molar-refractivity contribution is 5.77. The molecule has 1 unspecified atom stereocenters. The molecule has 136 valence electrons. The van der Waals surface area contributed by atoms with Crippen molar-refractivity contribution in [2.75, 3.05) is 13.2 Å². The van der Waals surface area contributed by atoms with Crippen molar-refractivity contribution in [1.82, 2.24) is 34.3 Å². The minimum atomic E-state index is 0.193. The van der Waals surface area contributed by atoms with Gasteiger partial charge in [-0.2, -0.15) is 4.68 Å². The first kappa shape index (κ1) is 16.1. The van der Waals surface area contributed by atoms with Gasteiger partial charge in [-0.25, -0.2) is 15.0 Å². The van der Waals surface area contributed by atoms with Crippen LogP contribution >= 0.6 is 0 Å². The van der Waals surface area contributed by atoms with Gasteiger partial charge in [0.15, 0.2) is 11.6 Å². The highest BCUT2D eigenvalue weighted by Crippen LogP contribution is 2.27. The van der Waals surface area contributed by atoms with E-state index in [1.54, 1.807) is 17.1 Å². The molecular weight excluding hydrogens is 342 g/mol. The van der Waals surface area contributed by atoms with Crippen LogP contribution in [0.25, 0.3) is 28.5 Å². The molecule has 4 heterocycles. The van der Waals surface area contributed by atoms with Crippen LogP contribution in [-0.2, 0) is 11.8 Å². The minimum Gasteiger partial charge on any atom is -0.381 e. The van der Waals surface area contributed by atoms with E-state index in [2.05, 4.69) is 9.97 Å². The van der Waals surface area contributed by atoms with E-state index < -0.39 is 0 Å². The molecule has 0 amide bonds. The van der Waals surface area contributed by atoms with Gasteiger partial charge in [0.05, 0.1) is 29.5 Å². The fourth-order valence-electron chi connectivity index (χ4n) is 3.37. The Hall–Kier alpha value is -3.13. The summed E-state index contributed by atoms with van der Waals surface area (Å²) in [5.41, 5.74) is 3.48. The van der Waals surface area contributed by atoms with E-state index >= 15 is 0 Å². The van der Waals surface area contributed by atoms with Crippen LogP contribution in [0.4, 0.5) is 0 Å². The monoisotopic (exact) mass is 361 g/mol. The molecule has 0 bridgehead atoms. The summed E-state index contributed by atoms with van der Waals surface area (Å²) < 4.78 is 9.31. The Balaban J connectivity index is 1.71. The van der Waals surface area contributed by atoms with E-state index in [9.17, 15) is 0 Å². The van der Waals surface area contributed by atoms with Gasteiger partial charge in [0.1, 0.15) is 5.69 Å². The Morgan fingerprint density at radius 1 is 1.11 bits per heavy atom. The van der Waals surface area contributed by atoms with Crippen LogP contribution < -0.4 is 0 Å². The molecule has 0 saturated carbocycles. The van der Waals surface area contributed by atoms with Gasteiger partial charge in [-0.05, 0) is 25.5 Å². The number of fused-ring (bicyclic) bond motifs is 1. The number of ether oxygens (including phenoxy) is 1. The SMILES string of the molecule is Cc1cnc(-c2nc(C3CCOC3)nn2-c2nc3ccccc3n2C)cn1. The normalized spacial score (nSPS) is 17.0. The van der Waals surface area contributed by atoms with Crippen LogP contribution in [0.1, 0.15) is 23.9 Å². The molecule has 3 aromatic heterocycles. The molecule has 1 atom stereocenters. The van der Waals surface area contributed by atoms with Crippen molar-refractivity contribution in [1.29, 1.82) is 0 Å². The summed E-state index contributed by atoms with van der Waals surface area (Å²) in [7, 11) is 1.98. The van der Waals surface area contributed by atoms with Gasteiger partial charge >= 0.3 is 0 Å². The average molecular weight is 361 g/mol. The molecule has 5 rings (SSSR count). The predicted molar refractivity (Wildman–Crippen MR) is 99.6 cm³/mol. The zero-order valence-corrected chi connectivity index (χ0v) is 15.2. The minimum absolute atomic E-state index is 0.193. The predicted octanol–water partition coefficient (Wildman–Crippen LogP) is 2.42. The average Bonchev–Trinajstić information content (AvgIpc) is 3.41. The molecule has 8 heteroatoms.